The van der Waals surface area contributed by atoms with Crippen LogP contribution in [0.2, 0.25) is 0 Å². The van der Waals surface area contributed by atoms with Crippen molar-refractivity contribution < 1.29 is 45.0 Å². The first-order valence-corrected chi connectivity index (χ1v) is 7.33. The van der Waals surface area contributed by atoms with Gasteiger partial charge in [-0.2, -0.15) is 0 Å². The van der Waals surface area contributed by atoms with Crippen LogP contribution >= 0.6 is 0 Å². The first-order chi connectivity index (χ1) is 11.1. The fourth-order valence-electron chi connectivity index (χ4n) is 1.60. The van der Waals surface area contributed by atoms with Crippen LogP contribution in [0, 0.1) is 11.3 Å². The third-order valence-corrected chi connectivity index (χ3v) is 3.43. The molecule has 0 bridgehead atoms. The van der Waals surface area contributed by atoms with Gasteiger partial charge >= 0.3 is 17.9 Å². The predicted molar refractivity (Wildman–Crippen MR) is 83.4 cm³/mol. The fourth-order valence-corrected chi connectivity index (χ4v) is 1.60. The zero-order valence-electron chi connectivity index (χ0n) is 13.6. The molecule has 0 fully saturated rings. The molecule has 0 saturated heterocycles. The van der Waals surface area contributed by atoms with Gasteiger partial charge in [0.2, 0.25) is 0 Å². The minimum Gasteiger partial charge on any atom is -0.481 e. The maximum atomic E-state index is 10.3. The highest BCUT2D eigenvalue weighted by molar-refractivity contribution is 5.79. The van der Waals surface area contributed by atoms with E-state index in [1.165, 1.54) is 6.08 Å². The number of carboxylic acid groups (broad SMARTS) is 3. The Balaban J connectivity index is 0. The molecule has 0 aliphatic heterocycles. The number of carbonyl (C=O) groups is 3. The molecular formula is C15H26O9. The van der Waals surface area contributed by atoms with Crippen molar-refractivity contribution >= 4 is 17.9 Å². The number of carboxylic acids is 3. The lowest BCUT2D eigenvalue weighted by Gasteiger charge is -2.31. The Morgan fingerprint density at radius 2 is 1.33 bits per heavy atom. The second-order valence-electron chi connectivity index (χ2n) is 5.30. The fraction of sp³-hybridized carbons (Fsp3) is 0.667. The molecule has 9 heteroatoms. The molecule has 0 aromatic carbocycles. The van der Waals surface area contributed by atoms with Gasteiger partial charge in [-0.3, -0.25) is 9.59 Å². The predicted octanol–water partition coefficient (Wildman–Crippen LogP) is -0.0574. The van der Waals surface area contributed by atoms with Crippen LogP contribution in [0.3, 0.4) is 0 Å². The Morgan fingerprint density at radius 3 is 1.58 bits per heavy atom. The molecule has 0 rings (SSSR count). The molecule has 0 spiro atoms. The Labute approximate surface area is 139 Å². The molecule has 0 heterocycles. The van der Waals surface area contributed by atoms with Crippen LogP contribution in [0.4, 0.5) is 0 Å². The molecule has 0 aliphatic rings. The molecule has 0 aliphatic carbocycles. The first kappa shape index (κ1) is 24.3. The SMILES string of the molecule is CC(CO)C(C=CC(=O)O)(CO)CO.O=C(O)CCCCC(=O)O. The van der Waals surface area contributed by atoms with Crippen LogP contribution in [0.5, 0.6) is 0 Å². The van der Waals surface area contributed by atoms with Crippen LogP contribution in [-0.2, 0) is 14.4 Å². The van der Waals surface area contributed by atoms with Gasteiger partial charge in [0.1, 0.15) is 0 Å². The van der Waals surface area contributed by atoms with Gasteiger partial charge in [-0.05, 0) is 18.8 Å². The summed E-state index contributed by atoms with van der Waals surface area (Å²) in [4.78, 5) is 30.1. The zero-order chi connectivity index (χ0) is 19.2. The van der Waals surface area contributed by atoms with Crippen LogP contribution in [0.25, 0.3) is 0 Å². The van der Waals surface area contributed by atoms with E-state index in [1.54, 1.807) is 6.92 Å². The summed E-state index contributed by atoms with van der Waals surface area (Å²) >= 11 is 0. The van der Waals surface area contributed by atoms with Gasteiger partial charge in [-0.1, -0.05) is 13.0 Å². The Hall–Kier alpha value is -1.97. The second kappa shape index (κ2) is 13.5. The van der Waals surface area contributed by atoms with Gasteiger partial charge in [-0.15, -0.1) is 0 Å². The smallest absolute Gasteiger partial charge is 0.328 e. The van der Waals surface area contributed by atoms with E-state index in [9.17, 15) is 14.4 Å². The molecule has 0 aromatic heterocycles. The van der Waals surface area contributed by atoms with Crippen LogP contribution in [0.15, 0.2) is 12.2 Å². The number of hydrogen-bond acceptors (Lipinski definition) is 6. The summed E-state index contributed by atoms with van der Waals surface area (Å²) in [5.41, 5.74) is -1.08. The highest BCUT2D eigenvalue weighted by Crippen LogP contribution is 2.28. The summed E-state index contributed by atoms with van der Waals surface area (Å²) in [6.45, 7) is 0.577. The van der Waals surface area contributed by atoms with Gasteiger partial charge in [0.25, 0.3) is 0 Å². The Kier molecular flexibility index (Phi) is 13.6. The minimum atomic E-state index is -1.15. The number of unbranched alkanes of at least 4 members (excludes halogenated alkanes) is 1. The molecule has 1 atom stereocenters. The number of rotatable bonds is 11. The van der Waals surface area contributed by atoms with Gasteiger partial charge in [0.05, 0.1) is 13.2 Å². The molecule has 6 N–H and O–H groups in total. The molecule has 0 radical (unpaired) electrons. The maximum absolute atomic E-state index is 10.3. The first-order valence-electron chi connectivity index (χ1n) is 7.33. The molecule has 0 saturated carbocycles. The summed E-state index contributed by atoms with van der Waals surface area (Å²) in [6.07, 6.45) is 3.10. The van der Waals surface area contributed by atoms with Crippen molar-refractivity contribution in [2.75, 3.05) is 19.8 Å². The summed E-state index contributed by atoms with van der Waals surface area (Å²) in [6, 6.07) is 0. The van der Waals surface area contributed by atoms with E-state index in [2.05, 4.69) is 0 Å². The van der Waals surface area contributed by atoms with E-state index >= 15 is 0 Å². The molecule has 140 valence electrons. The highest BCUT2D eigenvalue weighted by Gasteiger charge is 2.32. The lowest BCUT2D eigenvalue weighted by atomic mass is 9.77. The van der Waals surface area contributed by atoms with E-state index in [4.69, 9.17) is 30.6 Å². The number of aliphatic hydroxyl groups excluding tert-OH is 3. The average Bonchev–Trinajstić information content (AvgIpc) is 2.52. The largest absolute Gasteiger partial charge is 0.481 e. The van der Waals surface area contributed by atoms with Crippen LogP contribution in [0.1, 0.15) is 32.6 Å². The van der Waals surface area contributed by atoms with E-state index in [0.29, 0.717) is 12.8 Å². The number of hydrogen-bond donors (Lipinski definition) is 6. The molecule has 9 nitrogen and oxygen atoms in total. The summed E-state index contributed by atoms with van der Waals surface area (Å²) in [5, 5.41) is 51.7. The van der Waals surface area contributed by atoms with Gasteiger partial charge in [-0.25, -0.2) is 4.79 Å². The van der Waals surface area contributed by atoms with Crippen molar-refractivity contribution in [2.45, 2.75) is 32.6 Å². The molecular weight excluding hydrogens is 324 g/mol. The third kappa shape index (κ3) is 11.6. The van der Waals surface area contributed by atoms with Crippen molar-refractivity contribution in [3.63, 3.8) is 0 Å². The lowest BCUT2D eigenvalue weighted by Crippen LogP contribution is -2.36. The Morgan fingerprint density at radius 1 is 0.917 bits per heavy atom. The minimum absolute atomic E-state index is 0.0628. The van der Waals surface area contributed by atoms with Crippen LogP contribution < -0.4 is 0 Å². The van der Waals surface area contributed by atoms with Crippen LogP contribution in [-0.4, -0.2) is 68.4 Å². The molecule has 0 amide bonds. The summed E-state index contributed by atoms with van der Waals surface area (Å²) in [5.74, 6) is -3.30. The van der Waals surface area contributed by atoms with E-state index in [1.807, 2.05) is 0 Å². The van der Waals surface area contributed by atoms with Gasteiger partial charge in [0, 0.05) is 30.9 Å². The number of aliphatic carboxylic acids is 3. The van der Waals surface area contributed by atoms with Crippen molar-refractivity contribution in [1.82, 2.24) is 0 Å². The van der Waals surface area contributed by atoms with E-state index in [0.717, 1.165) is 6.08 Å². The molecule has 0 aromatic rings. The topological polar surface area (TPSA) is 173 Å². The average molecular weight is 350 g/mol. The number of aliphatic hydroxyl groups is 3. The van der Waals surface area contributed by atoms with E-state index in [-0.39, 0.29) is 19.4 Å². The van der Waals surface area contributed by atoms with Crippen molar-refractivity contribution in [2.24, 2.45) is 11.3 Å². The normalized spacial score (nSPS) is 12.3. The standard InChI is InChI=1S/C9H16O5.C6H10O4/c1-7(4-10)9(5-11,6-12)3-2-8(13)14;7-5(8)3-1-2-4-6(9)10/h2-3,7,10-12H,4-6H2,1H3,(H,13,14);1-4H2,(H,7,8)(H,9,10). The van der Waals surface area contributed by atoms with Gasteiger partial charge < -0.3 is 30.6 Å². The second-order valence-corrected chi connectivity index (χ2v) is 5.30. The summed E-state index contributed by atoms with van der Waals surface area (Å²) in [7, 11) is 0. The molecule has 1 unspecified atom stereocenters. The van der Waals surface area contributed by atoms with Crippen molar-refractivity contribution in [1.29, 1.82) is 0 Å². The summed E-state index contributed by atoms with van der Waals surface area (Å²) < 4.78 is 0. The maximum Gasteiger partial charge on any atom is 0.328 e. The monoisotopic (exact) mass is 350 g/mol. The quantitative estimate of drug-likeness (QED) is 0.220. The highest BCUT2D eigenvalue weighted by atomic mass is 16.4. The lowest BCUT2D eigenvalue weighted by molar-refractivity contribution is -0.139. The molecule has 24 heavy (non-hydrogen) atoms. The van der Waals surface area contributed by atoms with E-state index < -0.39 is 42.5 Å². The Bertz CT molecular complexity index is 397. The van der Waals surface area contributed by atoms with Crippen molar-refractivity contribution in [3.05, 3.63) is 12.2 Å². The van der Waals surface area contributed by atoms with Crippen molar-refractivity contribution in [3.8, 4) is 0 Å². The third-order valence-electron chi connectivity index (χ3n) is 3.43. The van der Waals surface area contributed by atoms with Gasteiger partial charge in [0.15, 0.2) is 0 Å². The zero-order valence-corrected chi connectivity index (χ0v) is 13.6.